The quantitative estimate of drug-likeness (QED) is 0.510. The molecule has 2 amide bonds. The molecule has 1 atom stereocenters. The molecule has 190 valence electrons. The minimum Gasteiger partial charge on any atom is -0.484 e. The number of methoxy groups -OCH3 is 1. The summed E-state index contributed by atoms with van der Waals surface area (Å²) in [7, 11) is 1.46. The van der Waals surface area contributed by atoms with Crippen LogP contribution in [0.5, 0.6) is 5.75 Å². The van der Waals surface area contributed by atoms with Gasteiger partial charge in [-0.05, 0) is 42.5 Å². The van der Waals surface area contributed by atoms with Crippen LogP contribution in [0, 0.1) is 0 Å². The van der Waals surface area contributed by atoms with Crippen molar-refractivity contribution < 1.29 is 37.0 Å². The number of morpholine rings is 1. The monoisotopic (exact) mass is 514 g/mol. The Bertz CT molecular complexity index is 1000. The lowest BCUT2D eigenvalue weighted by Crippen LogP contribution is -2.52. The van der Waals surface area contributed by atoms with Crippen molar-refractivity contribution >= 4 is 23.4 Å². The summed E-state index contributed by atoms with van der Waals surface area (Å²) in [6.45, 7) is 1.08. The molecule has 0 saturated carbocycles. The zero-order valence-electron chi connectivity index (χ0n) is 19.1. The number of carbonyl (C=O) groups excluding carboxylic acids is 2. The number of alkyl halides is 3. The van der Waals surface area contributed by atoms with Crippen LogP contribution in [-0.4, -0.2) is 80.8 Å². The average molecular weight is 515 g/mol. The Balaban J connectivity index is 1.63. The van der Waals surface area contributed by atoms with Gasteiger partial charge >= 0.3 is 6.18 Å². The van der Waals surface area contributed by atoms with E-state index < -0.39 is 23.8 Å². The zero-order chi connectivity index (χ0) is 25.4. The van der Waals surface area contributed by atoms with Gasteiger partial charge < -0.3 is 24.0 Å². The molecule has 0 aromatic heterocycles. The Morgan fingerprint density at radius 2 is 1.94 bits per heavy atom. The highest BCUT2D eigenvalue weighted by atomic mass is 35.5. The first-order valence-electron chi connectivity index (χ1n) is 10.9. The fourth-order valence-electron chi connectivity index (χ4n) is 3.56. The van der Waals surface area contributed by atoms with Crippen LogP contribution in [-0.2, 0) is 20.4 Å². The van der Waals surface area contributed by atoms with Crippen molar-refractivity contribution in [3.05, 3.63) is 64.7 Å². The third-order valence-corrected chi connectivity index (χ3v) is 5.63. The summed E-state index contributed by atoms with van der Waals surface area (Å²) in [4.78, 5) is 28.6. The van der Waals surface area contributed by atoms with Gasteiger partial charge in [-0.1, -0.05) is 17.7 Å². The SMILES string of the molecule is COCCN(C[C@H]1CN(C(=O)COc2ccc(Cl)cc2)CCO1)C(=O)c1cccc(C(F)(F)F)c1. The molecule has 1 aliphatic rings. The van der Waals surface area contributed by atoms with E-state index in [0.29, 0.717) is 17.3 Å². The maximum absolute atomic E-state index is 13.1. The molecule has 11 heteroatoms. The highest BCUT2D eigenvalue weighted by Gasteiger charge is 2.32. The van der Waals surface area contributed by atoms with Crippen LogP contribution in [0.15, 0.2) is 48.5 Å². The summed E-state index contributed by atoms with van der Waals surface area (Å²) >= 11 is 5.84. The first-order valence-corrected chi connectivity index (χ1v) is 11.3. The molecular formula is C24H26ClF3N2O5. The molecule has 0 unspecified atom stereocenters. The van der Waals surface area contributed by atoms with Crippen LogP contribution >= 0.6 is 11.6 Å². The molecule has 35 heavy (non-hydrogen) atoms. The highest BCUT2D eigenvalue weighted by molar-refractivity contribution is 6.30. The second kappa shape index (κ2) is 12.2. The molecule has 7 nitrogen and oxygen atoms in total. The van der Waals surface area contributed by atoms with E-state index in [1.165, 1.54) is 24.1 Å². The molecule has 2 aromatic rings. The number of rotatable bonds is 9. The second-order valence-electron chi connectivity index (χ2n) is 7.90. The fraction of sp³-hybridized carbons (Fsp3) is 0.417. The molecule has 0 N–H and O–H groups in total. The van der Waals surface area contributed by atoms with Gasteiger partial charge in [0.05, 0.1) is 24.9 Å². The Morgan fingerprint density at radius 1 is 1.20 bits per heavy atom. The Morgan fingerprint density at radius 3 is 2.63 bits per heavy atom. The molecular weight excluding hydrogens is 489 g/mol. The van der Waals surface area contributed by atoms with Crippen molar-refractivity contribution in [2.24, 2.45) is 0 Å². The van der Waals surface area contributed by atoms with Crippen LogP contribution in [0.1, 0.15) is 15.9 Å². The average Bonchev–Trinajstić information content (AvgIpc) is 2.85. The van der Waals surface area contributed by atoms with Gasteiger partial charge in [-0.2, -0.15) is 13.2 Å². The van der Waals surface area contributed by atoms with Crippen LogP contribution in [0.4, 0.5) is 13.2 Å². The van der Waals surface area contributed by atoms with Crippen LogP contribution in [0.2, 0.25) is 5.02 Å². The highest BCUT2D eigenvalue weighted by Crippen LogP contribution is 2.29. The van der Waals surface area contributed by atoms with Crippen molar-refractivity contribution in [2.75, 3.05) is 53.1 Å². The first-order chi connectivity index (χ1) is 16.7. The maximum atomic E-state index is 13.1. The van der Waals surface area contributed by atoms with Crippen molar-refractivity contribution in [3.8, 4) is 5.75 Å². The molecule has 1 heterocycles. The van der Waals surface area contributed by atoms with Crippen LogP contribution in [0.25, 0.3) is 0 Å². The van der Waals surface area contributed by atoms with E-state index in [0.717, 1.165) is 12.1 Å². The van der Waals surface area contributed by atoms with E-state index in [1.54, 1.807) is 29.2 Å². The van der Waals surface area contributed by atoms with Gasteiger partial charge in [-0.25, -0.2) is 0 Å². The van der Waals surface area contributed by atoms with E-state index >= 15 is 0 Å². The summed E-state index contributed by atoms with van der Waals surface area (Å²) in [5.41, 5.74) is -0.988. The molecule has 3 rings (SSSR count). The van der Waals surface area contributed by atoms with E-state index in [2.05, 4.69) is 0 Å². The second-order valence-corrected chi connectivity index (χ2v) is 8.33. The lowest BCUT2D eigenvalue weighted by Gasteiger charge is -2.35. The standard InChI is InChI=1S/C24H26ClF3N2O5/c1-33-11-9-30(23(32)17-3-2-4-18(13-17)24(26,27)28)15-21-14-29(10-12-34-21)22(31)16-35-20-7-5-19(25)6-8-20/h2-8,13,21H,9-12,14-16H2,1H3/t21-/m1/s1. The van der Waals surface area contributed by atoms with Gasteiger partial charge in [0.1, 0.15) is 5.75 Å². The number of ether oxygens (including phenoxy) is 3. The number of amides is 2. The van der Waals surface area contributed by atoms with E-state index in [9.17, 15) is 22.8 Å². The molecule has 2 aromatic carbocycles. The predicted octanol–water partition coefficient (Wildman–Crippen LogP) is 3.75. The molecule has 0 radical (unpaired) electrons. The van der Waals surface area contributed by atoms with Gasteiger partial charge in [0, 0.05) is 43.9 Å². The zero-order valence-corrected chi connectivity index (χ0v) is 19.8. The normalized spacial score (nSPS) is 16.1. The Labute approximate surface area is 206 Å². The van der Waals surface area contributed by atoms with Crippen LogP contribution in [0.3, 0.4) is 0 Å². The van der Waals surface area contributed by atoms with E-state index in [1.807, 2.05) is 0 Å². The molecule has 0 spiro atoms. The van der Waals surface area contributed by atoms with Gasteiger partial charge in [-0.15, -0.1) is 0 Å². The Hall–Kier alpha value is -2.82. The molecule has 0 aliphatic carbocycles. The van der Waals surface area contributed by atoms with Gasteiger partial charge in [0.15, 0.2) is 6.61 Å². The summed E-state index contributed by atoms with van der Waals surface area (Å²) < 4.78 is 55.6. The summed E-state index contributed by atoms with van der Waals surface area (Å²) in [6.07, 6.45) is -5.08. The smallest absolute Gasteiger partial charge is 0.416 e. The Kier molecular flexibility index (Phi) is 9.36. The summed E-state index contributed by atoms with van der Waals surface area (Å²) in [6, 6.07) is 10.9. The third kappa shape index (κ3) is 7.84. The molecule has 1 saturated heterocycles. The number of halogens is 4. The minimum atomic E-state index is -4.56. The third-order valence-electron chi connectivity index (χ3n) is 5.38. The predicted molar refractivity (Wildman–Crippen MR) is 122 cm³/mol. The number of nitrogens with zero attached hydrogens (tertiary/aromatic N) is 2. The van der Waals surface area contributed by atoms with E-state index in [4.69, 9.17) is 25.8 Å². The first kappa shape index (κ1) is 26.8. The fourth-order valence-corrected chi connectivity index (χ4v) is 3.68. The lowest BCUT2D eigenvalue weighted by atomic mass is 10.1. The van der Waals surface area contributed by atoms with Crippen molar-refractivity contribution in [1.29, 1.82) is 0 Å². The summed E-state index contributed by atoms with van der Waals surface area (Å²) in [5.74, 6) is -0.322. The van der Waals surface area contributed by atoms with Crippen molar-refractivity contribution in [3.63, 3.8) is 0 Å². The van der Waals surface area contributed by atoms with Crippen molar-refractivity contribution in [2.45, 2.75) is 12.3 Å². The van der Waals surface area contributed by atoms with Gasteiger partial charge in [-0.3, -0.25) is 9.59 Å². The minimum absolute atomic E-state index is 0.0836. The van der Waals surface area contributed by atoms with Crippen molar-refractivity contribution in [1.82, 2.24) is 9.80 Å². The number of benzene rings is 2. The topological polar surface area (TPSA) is 68.3 Å². The molecule has 1 fully saturated rings. The van der Waals surface area contributed by atoms with E-state index in [-0.39, 0.29) is 50.9 Å². The number of hydrogen-bond donors (Lipinski definition) is 0. The number of hydrogen-bond acceptors (Lipinski definition) is 5. The van der Waals surface area contributed by atoms with Gasteiger partial charge in [0.25, 0.3) is 11.8 Å². The van der Waals surface area contributed by atoms with Gasteiger partial charge in [0.2, 0.25) is 0 Å². The molecule has 1 aliphatic heterocycles. The number of carbonyl (C=O) groups is 2. The lowest BCUT2D eigenvalue weighted by molar-refractivity contribution is -0.141. The maximum Gasteiger partial charge on any atom is 0.416 e. The van der Waals surface area contributed by atoms with Crippen LogP contribution < -0.4 is 4.74 Å². The summed E-state index contributed by atoms with van der Waals surface area (Å²) in [5, 5.41) is 0.553. The largest absolute Gasteiger partial charge is 0.484 e. The molecule has 0 bridgehead atoms.